The molecule has 2 amide bonds. The van der Waals surface area contributed by atoms with Gasteiger partial charge in [0.05, 0.1) is 22.7 Å². The monoisotopic (exact) mass is 469 g/mol. The lowest BCUT2D eigenvalue weighted by Gasteiger charge is -2.28. The van der Waals surface area contributed by atoms with Gasteiger partial charge in [-0.25, -0.2) is 9.69 Å². The molecule has 0 aliphatic carbocycles. The van der Waals surface area contributed by atoms with Gasteiger partial charge in [0.2, 0.25) is 5.91 Å². The number of carbonyl (C=O) groups excluding carboxylic acids is 2. The molecule has 1 aromatic heterocycles. The average Bonchev–Trinajstić information content (AvgIpc) is 3.18. The van der Waals surface area contributed by atoms with Crippen LogP contribution in [0.2, 0.25) is 5.02 Å². The van der Waals surface area contributed by atoms with E-state index in [1.54, 1.807) is 23.6 Å². The molecule has 1 atom stereocenters. The van der Waals surface area contributed by atoms with E-state index in [0.717, 1.165) is 21.8 Å². The summed E-state index contributed by atoms with van der Waals surface area (Å²) in [5, 5.41) is 11.2. The van der Waals surface area contributed by atoms with E-state index in [1.165, 1.54) is 0 Å². The summed E-state index contributed by atoms with van der Waals surface area (Å²) in [7, 11) is 0. The molecule has 1 aliphatic rings. The first-order valence-corrected chi connectivity index (χ1v) is 11.3. The number of nitrogens with zero attached hydrogens (tertiary/aromatic N) is 1. The van der Waals surface area contributed by atoms with Crippen LogP contribution in [-0.2, 0) is 11.2 Å². The highest BCUT2D eigenvalue weighted by Crippen LogP contribution is 2.38. The quantitative estimate of drug-likeness (QED) is 0.474. The number of amides is 2. The van der Waals surface area contributed by atoms with Crippen LogP contribution in [0.4, 0.5) is 5.69 Å². The first-order chi connectivity index (χ1) is 15.3. The zero-order chi connectivity index (χ0) is 23.0. The van der Waals surface area contributed by atoms with Crippen molar-refractivity contribution in [1.29, 1.82) is 0 Å². The summed E-state index contributed by atoms with van der Waals surface area (Å²) in [5.41, 5.74) is 1.63. The summed E-state index contributed by atoms with van der Waals surface area (Å²) in [6.07, 6.45) is -0.328. The van der Waals surface area contributed by atoms with Gasteiger partial charge in [0.15, 0.2) is 0 Å². The minimum absolute atomic E-state index is 0.0360. The van der Waals surface area contributed by atoms with Crippen LogP contribution in [0.5, 0.6) is 5.75 Å². The highest BCUT2D eigenvalue weighted by molar-refractivity contribution is 7.12. The van der Waals surface area contributed by atoms with Crippen molar-refractivity contribution in [2.75, 3.05) is 4.90 Å². The largest absolute Gasteiger partial charge is 0.485 e. The smallest absolute Gasteiger partial charge is 0.346 e. The number of hydrogen-bond acceptors (Lipinski definition) is 5. The summed E-state index contributed by atoms with van der Waals surface area (Å²) in [4.78, 5) is 38.4. The number of carbonyl (C=O) groups is 3. The standard InChI is InChI=1S/C24H20ClNO5S/c1-13(2)21(14-6-4-3-5-7-14)31-16-8-9-17(25)18(11-16)26-19(27)10-15-12-32-22(24(29)30)20(15)23(26)28/h3-9,11-13,21H,10H2,1-2H3,(H,29,30). The molecule has 3 aromatic rings. The number of thiophene rings is 1. The Balaban J connectivity index is 1.71. The fourth-order valence-corrected chi connectivity index (χ4v) is 4.84. The van der Waals surface area contributed by atoms with Crippen LogP contribution in [0.1, 0.15) is 51.1 Å². The van der Waals surface area contributed by atoms with Gasteiger partial charge in [-0.2, -0.15) is 0 Å². The molecular weight excluding hydrogens is 450 g/mol. The Morgan fingerprint density at radius 1 is 1.16 bits per heavy atom. The van der Waals surface area contributed by atoms with Gasteiger partial charge >= 0.3 is 5.97 Å². The normalized spacial score (nSPS) is 14.4. The first-order valence-electron chi connectivity index (χ1n) is 10.00. The second kappa shape index (κ2) is 8.76. The van der Waals surface area contributed by atoms with E-state index in [4.69, 9.17) is 16.3 Å². The molecule has 4 rings (SSSR count). The highest BCUT2D eigenvalue weighted by atomic mass is 35.5. The SMILES string of the molecule is CC(C)C(Oc1ccc(Cl)c(N2C(=O)Cc3csc(C(=O)O)c3C2=O)c1)c1ccccc1. The second-order valence-electron chi connectivity index (χ2n) is 7.79. The fraction of sp³-hybridized carbons (Fsp3) is 0.208. The van der Waals surface area contributed by atoms with Crippen molar-refractivity contribution in [2.24, 2.45) is 5.92 Å². The van der Waals surface area contributed by atoms with Gasteiger partial charge in [0, 0.05) is 6.07 Å². The van der Waals surface area contributed by atoms with E-state index >= 15 is 0 Å². The lowest BCUT2D eigenvalue weighted by Crippen LogP contribution is -2.42. The van der Waals surface area contributed by atoms with Gasteiger partial charge in [-0.15, -0.1) is 11.3 Å². The molecule has 164 valence electrons. The second-order valence-corrected chi connectivity index (χ2v) is 9.07. The van der Waals surface area contributed by atoms with E-state index in [0.29, 0.717) is 11.3 Å². The Kier molecular flexibility index (Phi) is 6.04. The molecule has 2 aromatic carbocycles. The third-order valence-corrected chi connectivity index (χ3v) is 6.56. The molecule has 1 unspecified atom stereocenters. The summed E-state index contributed by atoms with van der Waals surface area (Å²) >= 11 is 7.30. The van der Waals surface area contributed by atoms with E-state index in [1.807, 2.05) is 44.2 Å². The summed E-state index contributed by atoms with van der Waals surface area (Å²) < 4.78 is 6.24. The fourth-order valence-electron chi connectivity index (χ4n) is 3.74. The lowest BCUT2D eigenvalue weighted by atomic mass is 9.99. The number of fused-ring (bicyclic) bond motifs is 1. The molecular formula is C24H20ClNO5S. The number of rotatable bonds is 6. The van der Waals surface area contributed by atoms with Crippen molar-refractivity contribution >= 4 is 46.4 Å². The maximum Gasteiger partial charge on any atom is 0.346 e. The molecule has 8 heteroatoms. The zero-order valence-electron chi connectivity index (χ0n) is 17.4. The predicted molar refractivity (Wildman–Crippen MR) is 123 cm³/mol. The van der Waals surface area contributed by atoms with Crippen molar-refractivity contribution in [3.63, 3.8) is 0 Å². The third-order valence-electron chi connectivity index (χ3n) is 5.22. The Bertz CT molecular complexity index is 1200. The highest BCUT2D eigenvalue weighted by Gasteiger charge is 2.38. The molecule has 6 nitrogen and oxygen atoms in total. The van der Waals surface area contributed by atoms with Crippen LogP contribution in [0.25, 0.3) is 0 Å². The number of hydrogen-bond donors (Lipinski definition) is 1. The minimum Gasteiger partial charge on any atom is -0.485 e. The molecule has 0 saturated carbocycles. The number of imide groups is 1. The Hall–Kier alpha value is -3.16. The molecule has 0 bridgehead atoms. The molecule has 0 radical (unpaired) electrons. The van der Waals surface area contributed by atoms with Gasteiger partial charge in [-0.3, -0.25) is 9.59 Å². The molecule has 0 fully saturated rings. The maximum atomic E-state index is 13.2. The number of benzene rings is 2. The molecule has 2 heterocycles. The van der Waals surface area contributed by atoms with E-state index in [2.05, 4.69) is 0 Å². The van der Waals surface area contributed by atoms with Crippen molar-refractivity contribution in [2.45, 2.75) is 26.4 Å². The number of aromatic carboxylic acids is 1. The van der Waals surface area contributed by atoms with Crippen LogP contribution in [0, 0.1) is 5.92 Å². The van der Waals surface area contributed by atoms with Gasteiger partial charge in [-0.1, -0.05) is 55.8 Å². The number of carboxylic acid groups (broad SMARTS) is 1. The zero-order valence-corrected chi connectivity index (χ0v) is 18.9. The lowest BCUT2D eigenvalue weighted by molar-refractivity contribution is -0.117. The average molecular weight is 470 g/mol. The third kappa shape index (κ3) is 4.01. The molecule has 1 aliphatic heterocycles. The van der Waals surface area contributed by atoms with Crippen LogP contribution < -0.4 is 9.64 Å². The van der Waals surface area contributed by atoms with E-state index in [-0.39, 0.29) is 39.6 Å². The van der Waals surface area contributed by atoms with Gasteiger partial charge < -0.3 is 9.84 Å². The van der Waals surface area contributed by atoms with E-state index in [9.17, 15) is 19.5 Å². The van der Waals surface area contributed by atoms with Crippen molar-refractivity contribution < 1.29 is 24.2 Å². The van der Waals surface area contributed by atoms with Gasteiger partial charge in [0.25, 0.3) is 5.91 Å². The summed E-state index contributed by atoms with van der Waals surface area (Å²) in [5.74, 6) is -1.77. The van der Waals surface area contributed by atoms with Crippen molar-refractivity contribution in [3.8, 4) is 5.75 Å². The minimum atomic E-state index is -1.20. The molecule has 1 N–H and O–H groups in total. The molecule has 32 heavy (non-hydrogen) atoms. The van der Waals surface area contributed by atoms with Crippen molar-refractivity contribution in [3.05, 3.63) is 80.5 Å². The summed E-state index contributed by atoms with van der Waals surface area (Å²) in [6.45, 7) is 4.08. The van der Waals surface area contributed by atoms with Crippen molar-refractivity contribution in [1.82, 2.24) is 0 Å². The Morgan fingerprint density at radius 2 is 1.88 bits per heavy atom. The maximum absolute atomic E-state index is 13.2. The van der Waals surface area contributed by atoms with Gasteiger partial charge in [0.1, 0.15) is 16.7 Å². The Morgan fingerprint density at radius 3 is 2.53 bits per heavy atom. The topological polar surface area (TPSA) is 83.9 Å². The first kappa shape index (κ1) is 22.0. The number of anilines is 1. The van der Waals surface area contributed by atoms with Crippen LogP contribution >= 0.6 is 22.9 Å². The molecule has 0 saturated heterocycles. The predicted octanol–water partition coefficient (Wildman–Crippen LogP) is 5.61. The molecule has 0 spiro atoms. The van der Waals surface area contributed by atoms with Crippen LogP contribution in [0.3, 0.4) is 0 Å². The van der Waals surface area contributed by atoms with Crippen LogP contribution in [0.15, 0.2) is 53.9 Å². The number of halogens is 1. The van der Waals surface area contributed by atoms with Gasteiger partial charge in [-0.05, 0) is 34.6 Å². The van der Waals surface area contributed by atoms with E-state index < -0.39 is 17.8 Å². The summed E-state index contributed by atoms with van der Waals surface area (Å²) in [6, 6.07) is 14.6. The Labute approximate surface area is 194 Å². The van der Waals surface area contributed by atoms with Crippen LogP contribution in [-0.4, -0.2) is 22.9 Å². The number of carboxylic acids is 1. The number of ether oxygens (including phenoxy) is 1.